The van der Waals surface area contributed by atoms with Crippen LogP contribution < -0.4 is 32.1 Å². The summed E-state index contributed by atoms with van der Waals surface area (Å²) >= 11 is 4.51. The minimum atomic E-state index is -0.396. The summed E-state index contributed by atoms with van der Waals surface area (Å²) in [4.78, 5) is 71.2. The van der Waals surface area contributed by atoms with E-state index in [9.17, 15) is 24.0 Å². The van der Waals surface area contributed by atoms with Gasteiger partial charge >= 0.3 is 11.6 Å². The highest BCUT2D eigenvalue weighted by Crippen LogP contribution is 2.34. The molecular weight excluding hydrogens is 875 g/mol. The lowest BCUT2D eigenvalue weighted by Crippen LogP contribution is -2.36. The quantitative estimate of drug-likeness (QED) is 0.0187. The van der Waals surface area contributed by atoms with E-state index in [1.54, 1.807) is 45.3 Å². The van der Waals surface area contributed by atoms with E-state index >= 15 is 0 Å². The van der Waals surface area contributed by atoms with Gasteiger partial charge in [0.2, 0.25) is 22.1 Å². The van der Waals surface area contributed by atoms with Crippen molar-refractivity contribution in [3.63, 3.8) is 0 Å². The Balaban J connectivity index is 0.749. The molecule has 0 bridgehead atoms. The number of carbonyl (C=O) groups excluding carboxylic acids is 4. The number of unbranched alkanes of at least 4 members (excludes halogenated alkanes) is 1. The summed E-state index contributed by atoms with van der Waals surface area (Å²) in [6, 6.07) is 16.8. The zero-order chi connectivity index (χ0) is 42.4. The smallest absolute Gasteiger partial charge is 0.315 e. The van der Waals surface area contributed by atoms with Crippen LogP contribution in [0.3, 0.4) is 0 Å². The van der Waals surface area contributed by atoms with Crippen molar-refractivity contribution < 1.29 is 19.2 Å². The summed E-state index contributed by atoms with van der Waals surface area (Å²) in [5.41, 5.74) is 2.96. The maximum atomic E-state index is 13.6. The van der Waals surface area contributed by atoms with Gasteiger partial charge in [-0.05, 0) is 31.4 Å². The molecule has 0 radical (unpaired) electrons. The van der Waals surface area contributed by atoms with Gasteiger partial charge in [-0.25, -0.2) is 14.8 Å². The standard InChI is InChI=1S/C40H45N11O5S5/c52-31(10-5-4-9-30-34-29(24-58-30)45-38(56)47-34)42-19-22-61-60-20-15-32(53)41-16-6-17-43-36(54)27-13-11-25(12-14-27)28-23-59-40(46-28)51-37(55)35(48-49-39-44-18-21-57-39)33(50-51)26-7-2-1-3-8-26/h1-3,7-8,11-14,18,21,23,29-30,34,50H,4-6,9-10,15-17,19-20,22,24H2,(H,41,53)(H,42,52)(H,43,54)(H2,45,47,56). The molecule has 5 aromatic rings. The normalized spacial score (nSPS) is 16.9. The van der Waals surface area contributed by atoms with E-state index in [-0.39, 0.29) is 41.5 Å². The number of urea groups is 1. The SMILES string of the molecule is O=C(CCCCC1SCC2NC(=O)NC21)NCCSSCCC(=O)NCCCNC(=O)c1ccc(-c2csc(-n3[nH]c(-c4ccccc4)c(N=Nc4nccs4)c3=O)n2)cc1. The summed E-state index contributed by atoms with van der Waals surface area (Å²) in [6.45, 7) is 1.45. The van der Waals surface area contributed by atoms with Crippen LogP contribution in [0.1, 0.15) is 48.9 Å². The number of benzene rings is 2. The van der Waals surface area contributed by atoms with Crippen molar-refractivity contribution in [2.75, 3.05) is 36.9 Å². The van der Waals surface area contributed by atoms with Crippen LogP contribution in [0.25, 0.3) is 27.6 Å². The number of hydrogen-bond acceptors (Lipinski definition) is 14. The molecule has 0 aliphatic carbocycles. The first-order valence-corrected chi connectivity index (χ1v) is 25.1. The Morgan fingerprint density at radius 2 is 1.62 bits per heavy atom. The van der Waals surface area contributed by atoms with Crippen LogP contribution in [0, 0.1) is 0 Å². The molecule has 320 valence electrons. The second kappa shape index (κ2) is 22.2. The molecule has 61 heavy (non-hydrogen) atoms. The highest BCUT2D eigenvalue weighted by molar-refractivity contribution is 8.76. The first kappa shape index (κ1) is 44.1. The van der Waals surface area contributed by atoms with E-state index in [4.69, 9.17) is 4.98 Å². The number of azo groups is 1. The van der Waals surface area contributed by atoms with Gasteiger partial charge in [0.25, 0.3) is 5.91 Å². The van der Waals surface area contributed by atoms with Crippen molar-refractivity contribution in [1.29, 1.82) is 0 Å². The molecule has 2 aromatic carbocycles. The Bertz CT molecular complexity index is 2330. The van der Waals surface area contributed by atoms with Gasteiger partial charge in [-0.1, -0.05) is 70.5 Å². The van der Waals surface area contributed by atoms with E-state index in [1.165, 1.54) is 27.4 Å². The lowest BCUT2D eigenvalue weighted by atomic mass is 10.0. The topological polar surface area (TPSA) is 217 Å². The van der Waals surface area contributed by atoms with E-state index in [0.717, 1.165) is 41.9 Å². The highest BCUT2D eigenvalue weighted by Gasteiger charge is 2.42. The predicted octanol–water partition coefficient (Wildman–Crippen LogP) is 6.68. The molecule has 2 saturated heterocycles. The number of thiazole rings is 2. The molecule has 0 spiro atoms. The molecule has 5 heterocycles. The molecule has 16 nitrogen and oxygen atoms in total. The Labute approximate surface area is 372 Å². The monoisotopic (exact) mass is 919 g/mol. The molecule has 2 aliphatic heterocycles. The maximum Gasteiger partial charge on any atom is 0.315 e. The molecule has 3 unspecified atom stereocenters. The van der Waals surface area contributed by atoms with Gasteiger partial charge in [0, 0.05) is 88.6 Å². The van der Waals surface area contributed by atoms with Crippen LogP contribution in [-0.2, 0) is 9.59 Å². The minimum Gasteiger partial charge on any atom is -0.356 e. The number of fused-ring (bicyclic) bond motifs is 1. The molecule has 2 aliphatic rings. The van der Waals surface area contributed by atoms with Gasteiger partial charge < -0.3 is 26.6 Å². The van der Waals surface area contributed by atoms with Crippen LogP contribution in [-0.4, -0.2) is 97.7 Å². The lowest BCUT2D eigenvalue weighted by molar-refractivity contribution is -0.121. The Kier molecular flexibility index (Phi) is 16.1. The predicted molar refractivity (Wildman–Crippen MR) is 246 cm³/mol. The van der Waals surface area contributed by atoms with Crippen molar-refractivity contribution in [2.24, 2.45) is 10.2 Å². The summed E-state index contributed by atoms with van der Waals surface area (Å²) in [6.07, 6.45) is 5.90. The van der Waals surface area contributed by atoms with Gasteiger partial charge in [-0.15, -0.1) is 32.9 Å². The van der Waals surface area contributed by atoms with Gasteiger partial charge in [0.1, 0.15) is 0 Å². The molecular formula is C40H45N11O5S5. The van der Waals surface area contributed by atoms with Crippen LogP contribution >= 0.6 is 56.0 Å². The van der Waals surface area contributed by atoms with E-state index in [1.807, 2.05) is 59.6 Å². The number of aromatic nitrogens is 4. The van der Waals surface area contributed by atoms with Crippen molar-refractivity contribution in [2.45, 2.75) is 55.9 Å². The number of amides is 5. The Hall–Kier alpha value is -4.96. The fraction of sp³-hybridized carbons (Fsp3) is 0.375. The zero-order valence-corrected chi connectivity index (χ0v) is 37.0. The Morgan fingerprint density at radius 3 is 2.44 bits per heavy atom. The molecule has 0 saturated carbocycles. The molecule has 5 amide bonds. The number of thioether (sulfide) groups is 1. The van der Waals surface area contributed by atoms with Crippen LogP contribution in [0.15, 0.2) is 86.6 Å². The summed E-state index contributed by atoms with van der Waals surface area (Å²) in [7, 11) is 3.24. The van der Waals surface area contributed by atoms with Crippen LogP contribution in [0.5, 0.6) is 0 Å². The number of aromatic amines is 1. The second-order valence-corrected chi connectivity index (χ2v) is 19.7. The molecule has 7 rings (SSSR count). The van der Waals surface area contributed by atoms with E-state index < -0.39 is 5.56 Å². The van der Waals surface area contributed by atoms with E-state index in [0.29, 0.717) is 77.1 Å². The fourth-order valence-corrected chi connectivity index (χ4v) is 11.4. The second-order valence-electron chi connectivity index (χ2n) is 14.0. The van der Waals surface area contributed by atoms with Crippen LogP contribution in [0.4, 0.5) is 15.6 Å². The number of rotatable bonds is 22. The highest BCUT2D eigenvalue weighted by atomic mass is 33.1. The molecule has 21 heteroatoms. The molecule has 6 N–H and O–H groups in total. The van der Waals surface area contributed by atoms with Crippen molar-refractivity contribution >= 4 is 90.6 Å². The third-order valence-electron chi connectivity index (χ3n) is 9.75. The van der Waals surface area contributed by atoms with Gasteiger partial charge in [0.05, 0.1) is 23.5 Å². The van der Waals surface area contributed by atoms with Crippen molar-refractivity contribution in [3.8, 4) is 27.6 Å². The third kappa shape index (κ3) is 12.3. The first-order chi connectivity index (χ1) is 29.8. The molecule has 2 fully saturated rings. The average Bonchev–Trinajstić information content (AvgIpc) is 4.13. The summed E-state index contributed by atoms with van der Waals surface area (Å²) in [5.74, 6) is 2.17. The molecule has 3 atom stereocenters. The lowest BCUT2D eigenvalue weighted by Gasteiger charge is -2.16. The maximum absolute atomic E-state index is 13.6. The Morgan fingerprint density at radius 1 is 0.836 bits per heavy atom. The van der Waals surface area contributed by atoms with Crippen LogP contribution in [0.2, 0.25) is 0 Å². The van der Waals surface area contributed by atoms with E-state index in [2.05, 4.69) is 46.9 Å². The van der Waals surface area contributed by atoms with Gasteiger partial charge in [0.15, 0.2) is 5.69 Å². The fourth-order valence-electron chi connectivity index (χ4n) is 6.67. The average molecular weight is 920 g/mol. The number of H-pyrrole nitrogens is 1. The third-order valence-corrected chi connectivity index (χ3v) is 15.2. The number of nitrogens with one attached hydrogen (secondary N) is 6. The summed E-state index contributed by atoms with van der Waals surface area (Å²) < 4.78 is 1.36. The largest absolute Gasteiger partial charge is 0.356 e. The minimum absolute atomic E-state index is 0.0398. The number of nitrogens with zero attached hydrogens (tertiary/aromatic N) is 5. The van der Waals surface area contributed by atoms with Gasteiger partial charge in [-0.2, -0.15) is 16.4 Å². The zero-order valence-electron chi connectivity index (χ0n) is 33.0. The first-order valence-electron chi connectivity index (χ1n) is 19.8. The summed E-state index contributed by atoms with van der Waals surface area (Å²) in [5, 5.41) is 31.2. The number of carbonyl (C=O) groups is 4. The van der Waals surface area contributed by atoms with Gasteiger partial charge in [-0.3, -0.25) is 24.3 Å². The van der Waals surface area contributed by atoms with Crippen molar-refractivity contribution in [1.82, 2.24) is 46.3 Å². The van der Waals surface area contributed by atoms with Crippen molar-refractivity contribution in [3.05, 3.63) is 87.5 Å². The number of hydrogen-bond donors (Lipinski definition) is 6. The molecule has 3 aromatic heterocycles.